The molecule has 2 heterocycles. The number of hydrogen-bond donors (Lipinski definition) is 1. The van der Waals surface area contributed by atoms with E-state index in [0.29, 0.717) is 6.54 Å². The van der Waals surface area contributed by atoms with Gasteiger partial charge in [-0.2, -0.15) is 0 Å². The van der Waals surface area contributed by atoms with Crippen LogP contribution in [0.15, 0.2) is 57.5 Å². The molecule has 6 heteroatoms. The summed E-state index contributed by atoms with van der Waals surface area (Å²) in [4.78, 5) is 8.21. The van der Waals surface area contributed by atoms with E-state index >= 15 is 0 Å². The van der Waals surface area contributed by atoms with E-state index < -0.39 is 0 Å². The van der Waals surface area contributed by atoms with Crippen LogP contribution in [0, 0.1) is 0 Å². The molecule has 0 spiro atoms. The van der Waals surface area contributed by atoms with Crippen molar-refractivity contribution < 1.29 is 4.42 Å². The average Bonchev–Trinajstić information content (AvgIpc) is 3.21. The lowest BCUT2D eigenvalue weighted by molar-refractivity contribution is 0.476. The Morgan fingerprint density at radius 3 is 2.79 bits per heavy atom. The van der Waals surface area contributed by atoms with E-state index in [1.807, 2.05) is 19.1 Å². The van der Waals surface area contributed by atoms with E-state index in [1.165, 1.54) is 4.88 Å². The number of aliphatic imine (C=N–C) groups is 1. The van der Waals surface area contributed by atoms with E-state index in [2.05, 4.69) is 46.3 Å². The molecule has 0 unspecified atom stereocenters. The van der Waals surface area contributed by atoms with Crippen LogP contribution < -0.4 is 5.32 Å². The van der Waals surface area contributed by atoms with Crippen LogP contribution in [0.1, 0.15) is 17.6 Å². The summed E-state index contributed by atoms with van der Waals surface area (Å²) in [6.45, 7) is 8.30. The van der Waals surface area contributed by atoms with Gasteiger partial charge in [-0.05, 0) is 36.9 Å². The molecule has 2 rings (SSSR count). The van der Waals surface area contributed by atoms with Crippen molar-refractivity contribution in [2.75, 3.05) is 26.7 Å². The average molecular weight is 459 g/mol. The molecule has 0 aromatic carbocycles. The fourth-order valence-corrected chi connectivity index (χ4v) is 2.81. The van der Waals surface area contributed by atoms with Gasteiger partial charge in [0.1, 0.15) is 5.76 Å². The second-order valence-corrected chi connectivity index (χ2v) is 6.64. The highest BCUT2D eigenvalue weighted by atomic mass is 127. The lowest BCUT2D eigenvalue weighted by Gasteiger charge is -2.22. The van der Waals surface area contributed by atoms with Crippen molar-refractivity contribution >= 4 is 41.3 Å². The number of likely N-dealkylation sites (N-methyl/N-ethyl adjacent to an activating group) is 1. The van der Waals surface area contributed by atoms with Gasteiger partial charge < -0.3 is 14.6 Å². The Labute approximate surface area is 165 Å². The second-order valence-electron chi connectivity index (χ2n) is 5.60. The van der Waals surface area contributed by atoms with E-state index in [9.17, 15) is 0 Å². The molecule has 0 atom stereocenters. The number of nitrogens with zero attached hydrogens (tertiary/aromatic N) is 2. The molecule has 0 bridgehead atoms. The molecule has 132 valence electrons. The van der Waals surface area contributed by atoms with Gasteiger partial charge in [0.25, 0.3) is 0 Å². The molecule has 0 radical (unpaired) electrons. The third kappa shape index (κ3) is 7.53. The van der Waals surface area contributed by atoms with Crippen LogP contribution in [0.2, 0.25) is 0 Å². The zero-order valence-corrected chi connectivity index (χ0v) is 17.5. The minimum atomic E-state index is 0. The molecule has 24 heavy (non-hydrogen) atoms. The highest BCUT2D eigenvalue weighted by molar-refractivity contribution is 14.0. The molecular weight excluding hydrogens is 433 g/mol. The third-order valence-corrected chi connectivity index (χ3v) is 4.30. The van der Waals surface area contributed by atoms with Crippen molar-refractivity contribution in [1.82, 2.24) is 10.2 Å². The van der Waals surface area contributed by atoms with Gasteiger partial charge in [0.2, 0.25) is 0 Å². The molecule has 0 aliphatic rings. The summed E-state index contributed by atoms with van der Waals surface area (Å²) in [6.07, 6.45) is 3.58. The minimum Gasteiger partial charge on any atom is -0.469 e. The van der Waals surface area contributed by atoms with Crippen molar-refractivity contribution in [2.24, 2.45) is 4.99 Å². The number of hydrogen-bond acceptors (Lipinski definition) is 3. The highest BCUT2D eigenvalue weighted by Crippen LogP contribution is 2.09. The van der Waals surface area contributed by atoms with Crippen LogP contribution in [-0.2, 0) is 12.8 Å². The van der Waals surface area contributed by atoms with Crippen LogP contribution in [-0.4, -0.2) is 37.5 Å². The molecule has 0 saturated heterocycles. The fourth-order valence-electron chi connectivity index (χ4n) is 2.11. The predicted molar refractivity (Wildman–Crippen MR) is 114 cm³/mol. The summed E-state index contributed by atoms with van der Waals surface area (Å²) in [7, 11) is 2.07. The number of furan rings is 1. The molecular formula is C18H26IN3OS. The maximum atomic E-state index is 5.36. The molecule has 2 aromatic rings. The summed E-state index contributed by atoms with van der Waals surface area (Å²) in [5.41, 5.74) is 1.06. The Morgan fingerprint density at radius 2 is 2.17 bits per heavy atom. The van der Waals surface area contributed by atoms with Crippen molar-refractivity contribution in [1.29, 1.82) is 0 Å². The van der Waals surface area contributed by atoms with Gasteiger partial charge in [-0.15, -0.1) is 35.3 Å². The van der Waals surface area contributed by atoms with Gasteiger partial charge in [0.05, 0.1) is 12.8 Å². The largest absolute Gasteiger partial charge is 0.469 e. The van der Waals surface area contributed by atoms with Crippen LogP contribution >= 0.6 is 35.3 Å². The Kier molecular flexibility index (Phi) is 9.78. The standard InChI is InChI=1S/C18H25N3OS.HI/c1-15(2)14-20-18(19-10-8-16-6-4-12-22-16)21(3)11-9-17-7-5-13-23-17;/h4-7,12-13H,1,8-11,14H2,2-3H3,(H,19,20);1H. The monoisotopic (exact) mass is 459 g/mol. The minimum absolute atomic E-state index is 0. The zero-order chi connectivity index (χ0) is 16.5. The zero-order valence-electron chi connectivity index (χ0n) is 14.3. The summed E-state index contributed by atoms with van der Waals surface area (Å²) in [5.74, 6) is 1.90. The topological polar surface area (TPSA) is 40.8 Å². The van der Waals surface area contributed by atoms with Gasteiger partial charge in [-0.25, -0.2) is 4.99 Å². The van der Waals surface area contributed by atoms with Gasteiger partial charge in [-0.3, -0.25) is 0 Å². The number of rotatable bonds is 8. The van der Waals surface area contributed by atoms with Gasteiger partial charge in [0, 0.05) is 31.4 Å². The first-order valence-corrected chi connectivity index (χ1v) is 8.71. The number of thiophene rings is 1. The summed E-state index contributed by atoms with van der Waals surface area (Å²) in [6, 6.07) is 8.18. The van der Waals surface area contributed by atoms with E-state index in [1.54, 1.807) is 17.6 Å². The lowest BCUT2D eigenvalue weighted by Crippen LogP contribution is -2.41. The number of nitrogens with one attached hydrogen (secondary N) is 1. The Morgan fingerprint density at radius 1 is 1.33 bits per heavy atom. The van der Waals surface area contributed by atoms with E-state index in [0.717, 1.165) is 43.2 Å². The Hall–Kier alpha value is -1.28. The second kappa shape index (κ2) is 11.3. The molecule has 1 N–H and O–H groups in total. The van der Waals surface area contributed by atoms with E-state index in [4.69, 9.17) is 4.42 Å². The van der Waals surface area contributed by atoms with Gasteiger partial charge in [0.15, 0.2) is 5.96 Å². The maximum Gasteiger partial charge on any atom is 0.194 e. The smallest absolute Gasteiger partial charge is 0.194 e. The quantitative estimate of drug-likeness (QED) is 0.279. The predicted octanol–water partition coefficient (Wildman–Crippen LogP) is 4.20. The molecule has 4 nitrogen and oxygen atoms in total. The maximum absolute atomic E-state index is 5.36. The van der Waals surface area contributed by atoms with Crippen LogP contribution in [0.25, 0.3) is 0 Å². The Balaban J connectivity index is 0.00000288. The molecule has 0 amide bonds. The molecule has 2 aromatic heterocycles. The van der Waals surface area contributed by atoms with Crippen molar-refractivity contribution in [3.63, 3.8) is 0 Å². The van der Waals surface area contributed by atoms with Crippen molar-refractivity contribution in [3.05, 3.63) is 58.7 Å². The van der Waals surface area contributed by atoms with Crippen LogP contribution in [0.5, 0.6) is 0 Å². The SMILES string of the molecule is C=C(C)CN=C(NCCc1ccco1)N(C)CCc1cccs1.I. The van der Waals surface area contributed by atoms with Gasteiger partial charge >= 0.3 is 0 Å². The third-order valence-electron chi connectivity index (χ3n) is 3.37. The Bertz CT molecular complexity index is 608. The number of halogens is 1. The highest BCUT2D eigenvalue weighted by Gasteiger charge is 2.07. The molecule has 0 saturated carbocycles. The summed E-state index contributed by atoms with van der Waals surface area (Å²) >= 11 is 1.80. The van der Waals surface area contributed by atoms with Crippen LogP contribution in [0.3, 0.4) is 0 Å². The first kappa shape index (κ1) is 20.8. The van der Waals surface area contributed by atoms with Crippen molar-refractivity contribution in [3.8, 4) is 0 Å². The summed E-state index contributed by atoms with van der Waals surface area (Å²) < 4.78 is 5.36. The summed E-state index contributed by atoms with van der Waals surface area (Å²) in [5, 5.41) is 5.54. The molecule has 0 aliphatic carbocycles. The normalized spacial score (nSPS) is 11.0. The molecule has 0 fully saturated rings. The molecule has 0 aliphatic heterocycles. The van der Waals surface area contributed by atoms with Gasteiger partial charge in [-0.1, -0.05) is 18.2 Å². The first-order valence-electron chi connectivity index (χ1n) is 7.83. The first-order chi connectivity index (χ1) is 11.1. The van der Waals surface area contributed by atoms with Crippen molar-refractivity contribution in [2.45, 2.75) is 19.8 Å². The lowest BCUT2D eigenvalue weighted by atomic mass is 10.3. The van der Waals surface area contributed by atoms with E-state index in [-0.39, 0.29) is 24.0 Å². The fraction of sp³-hybridized carbons (Fsp3) is 0.389. The van der Waals surface area contributed by atoms with Crippen LogP contribution in [0.4, 0.5) is 0 Å². The number of guanidine groups is 1.